The van der Waals surface area contributed by atoms with Crippen molar-refractivity contribution in [1.82, 2.24) is 0 Å². The average Bonchev–Trinajstić information content (AvgIpc) is 2.75. The highest BCUT2D eigenvalue weighted by Crippen LogP contribution is 2.40. The number of hydrogen-bond acceptors (Lipinski definition) is 0. The Morgan fingerprint density at radius 2 is 1.38 bits per heavy atom. The van der Waals surface area contributed by atoms with Gasteiger partial charge in [0, 0.05) is 0 Å². The molecule has 0 saturated heterocycles. The fraction of sp³-hybridized carbons (Fsp3) is 0.571. The second-order valence-corrected chi connectivity index (χ2v) is 9.82. The molecule has 0 aromatic heterocycles. The van der Waals surface area contributed by atoms with Crippen LogP contribution in [0.2, 0.25) is 0 Å². The van der Waals surface area contributed by atoms with E-state index in [0.717, 1.165) is 41.4 Å². The highest BCUT2D eigenvalue weighted by Gasteiger charge is 2.24. The van der Waals surface area contributed by atoms with Crippen LogP contribution in [0.25, 0.3) is 11.1 Å². The molecule has 2 aromatic rings. The Morgan fingerprint density at radius 1 is 0.759 bits per heavy atom. The summed E-state index contributed by atoms with van der Waals surface area (Å²) in [7, 11) is 0. The Morgan fingerprint density at radius 3 is 2.00 bits per heavy atom. The largest absolute Gasteiger partial charge is 0.207 e. The van der Waals surface area contributed by atoms with Gasteiger partial charge in [0.25, 0.3) is 0 Å². The predicted molar refractivity (Wildman–Crippen MR) is 122 cm³/mol. The molecule has 2 saturated carbocycles. The normalized spacial score (nSPS) is 27.7. The van der Waals surface area contributed by atoms with Gasteiger partial charge < -0.3 is 0 Å². The van der Waals surface area contributed by atoms with E-state index in [9.17, 15) is 4.39 Å². The molecule has 29 heavy (non-hydrogen) atoms. The van der Waals surface area contributed by atoms with Crippen molar-refractivity contribution in [1.29, 1.82) is 0 Å². The van der Waals surface area contributed by atoms with Gasteiger partial charge in [-0.3, -0.25) is 0 Å². The number of rotatable bonds is 5. The monoisotopic (exact) mass is 392 g/mol. The summed E-state index contributed by atoms with van der Waals surface area (Å²) in [4.78, 5) is 0. The molecule has 2 fully saturated rings. The van der Waals surface area contributed by atoms with Gasteiger partial charge in [-0.1, -0.05) is 75.9 Å². The second kappa shape index (κ2) is 9.45. The third kappa shape index (κ3) is 4.93. The molecule has 0 amide bonds. The van der Waals surface area contributed by atoms with Crippen LogP contribution in [0, 0.1) is 17.7 Å². The molecule has 2 aliphatic rings. The standard InChI is InChI=1S/C28H37F/c1-3-4-21-7-11-25(12-8-21)27-18-17-26(19-28(27)29)24-15-13-23(14-16-24)22-9-5-20(2)6-10-22/h13-22,25H,3-12H2,1-2H3. The molecular formula is C28H37F. The van der Waals surface area contributed by atoms with E-state index in [2.05, 4.69) is 50.2 Å². The van der Waals surface area contributed by atoms with Gasteiger partial charge in [0.1, 0.15) is 5.82 Å². The van der Waals surface area contributed by atoms with Crippen molar-refractivity contribution < 1.29 is 4.39 Å². The van der Waals surface area contributed by atoms with E-state index in [-0.39, 0.29) is 5.82 Å². The summed E-state index contributed by atoms with van der Waals surface area (Å²) in [6, 6.07) is 14.9. The van der Waals surface area contributed by atoms with Crippen molar-refractivity contribution in [2.45, 2.75) is 89.9 Å². The average molecular weight is 393 g/mol. The van der Waals surface area contributed by atoms with Crippen molar-refractivity contribution in [3.05, 3.63) is 59.4 Å². The minimum atomic E-state index is -0.00761. The smallest absolute Gasteiger partial charge is 0.127 e. The Balaban J connectivity index is 1.42. The maximum Gasteiger partial charge on any atom is 0.127 e. The lowest BCUT2D eigenvalue weighted by atomic mass is 9.77. The van der Waals surface area contributed by atoms with E-state index in [1.807, 2.05) is 0 Å². The van der Waals surface area contributed by atoms with E-state index in [1.165, 1.54) is 56.9 Å². The molecule has 0 bridgehead atoms. The zero-order valence-corrected chi connectivity index (χ0v) is 18.3. The maximum atomic E-state index is 15.0. The molecule has 0 spiro atoms. The van der Waals surface area contributed by atoms with Crippen molar-refractivity contribution in [2.75, 3.05) is 0 Å². The topological polar surface area (TPSA) is 0 Å². The lowest BCUT2D eigenvalue weighted by molar-refractivity contribution is 0.304. The summed E-state index contributed by atoms with van der Waals surface area (Å²) >= 11 is 0. The first-order valence-electron chi connectivity index (χ1n) is 12.0. The van der Waals surface area contributed by atoms with Crippen molar-refractivity contribution in [2.24, 2.45) is 11.8 Å². The fourth-order valence-electron chi connectivity index (χ4n) is 5.75. The molecule has 0 heterocycles. The molecule has 0 nitrogen and oxygen atoms in total. The summed E-state index contributed by atoms with van der Waals surface area (Å²) in [6.45, 7) is 4.64. The fourth-order valence-corrected chi connectivity index (χ4v) is 5.75. The third-order valence-electron chi connectivity index (χ3n) is 7.72. The molecule has 156 valence electrons. The van der Waals surface area contributed by atoms with Gasteiger partial charge in [0.15, 0.2) is 0 Å². The molecule has 0 N–H and O–H groups in total. The highest BCUT2D eigenvalue weighted by molar-refractivity contribution is 5.64. The van der Waals surface area contributed by atoms with Gasteiger partial charge in [-0.25, -0.2) is 4.39 Å². The van der Waals surface area contributed by atoms with Gasteiger partial charge >= 0.3 is 0 Å². The van der Waals surface area contributed by atoms with Gasteiger partial charge in [0.05, 0.1) is 0 Å². The Kier molecular flexibility index (Phi) is 6.73. The minimum Gasteiger partial charge on any atom is -0.207 e. The maximum absolute atomic E-state index is 15.0. The van der Waals surface area contributed by atoms with Crippen LogP contribution in [0.3, 0.4) is 0 Å². The van der Waals surface area contributed by atoms with Crippen LogP contribution in [0.5, 0.6) is 0 Å². The predicted octanol–water partition coefficient (Wildman–Crippen LogP) is 8.86. The number of halogens is 1. The van der Waals surface area contributed by atoms with Crippen LogP contribution >= 0.6 is 0 Å². The molecule has 2 aromatic carbocycles. The van der Waals surface area contributed by atoms with Gasteiger partial charge in [0.2, 0.25) is 0 Å². The summed E-state index contributed by atoms with van der Waals surface area (Å²) in [6.07, 6.45) is 12.8. The lowest BCUT2D eigenvalue weighted by Gasteiger charge is -2.29. The first kappa shape index (κ1) is 20.6. The number of benzene rings is 2. The van der Waals surface area contributed by atoms with E-state index in [1.54, 1.807) is 6.07 Å². The Hall–Kier alpha value is -1.63. The van der Waals surface area contributed by atoms with E-state index in [0.29, 0.717) is 11.8 Å². The molecule has 2 aliphatic carbocycles. The van der Waals surface area contributed by atoms with Crippen molar-refractivity contribution in [3.8, 4) is 11.1 Å². The van der Waals surface area contributed by atoms with Gasteiger partial charge in [-0.15, -0.1) is 0 Å². The molecule has 4 rings (SSSR count). The van der Waals surface area contributed by atoms with Crippen LogP contribution < -0.4 is 0 Å². The quantitative estimate of drug-likeness (QED) is 0.476. The lowest BCUT2D eigenvalue weighted by Crippen LogP contribution is -2.14. The highest BCUT2D eigenvalue weighted by atomic mass is 19.1. The summed E-state index contributed by atoms with van der Waals surface area (Å²) in [5, 5.41) is 0. The molecule has 0 aliphatic heterocycles. The zero-order chi connectivity index (χ0) is 20.2. The number of hydrogen-bond donors (Lipinski definition) is 0. The van der Waals surface area contributed by atoms with Crippen LogP contribution in [0.15, 0.2) is 42.5 Å². The summed E-state index contributed by atoms with van der Waals surface area (Å²) < 4.78 is 15.0. The SMILES string of the molecule is CCCC1CCC(c2ccc(-c3ccc(C4CCC(C)CC4)cc3)cc2F)CC1. The van der Waals surface area contributed by atoms with E-state index < -0.39 is 0 Å². The van der Waals surface area contributed by atoms with Crippen LogP contribution in [0.4, 0.5) is 4.39 Å². The van der Waals surface area contributed by atoms with Gasteiger partial charge in [-0.2, -0.15) is 0 Å². The van der Waals surface area contributed by atoms with E-state index in [4.69, 9.17) is 0 Å². The molecule has 0 atom stereocenters. The molecule has 1 heteroatoms. The first-order valence-corrected chi connectivity index (χ1v) is 12.0. The Labute approximate surface area is 176 Å². The molecule has 0 unspecified atom stereocenters. The summed E-state index contributed by atoms with van der Waals surface area (Å²) in [5.74, 6) is 2.86. The zero-order valence-electron chi connectivity index (χ0n) is 18.3. The summed E-state index contributed by atoms with van der Waals surface area (Å²) in [5.41, 5.74) is 4.54. The Bertz CT molecular complexity index is 774. The van der Waals surface area contributed by atoms with Crippen LogP contribution in [-0.2, 0) is 0 Å². The van der Waals surface area contributed by atoms with Gasteiger partial charge in [-0.05, 0) is 90.5 Å². The van der Waals surface area contributed by atoms with E-state index >= 15 is 0 Å². The first-order chi connectivity index (χ1) is 14.1. The molecular weight excluding hydrogens is 355 g/mol. The second-order valence-electron chi connectivity index (χ2n) is 9.82. The van der Waals surface area contributed by atoms with Crippen molar-refractivity contribution >= 4 is 0 Å². The molecule has 0 radical (unpaired) electrons. The van der Waals surface area contributed by atoms with Crippen LogP contribution in [-0.4, -0.2) is 0 Å². The van der Waals surface area contributed by atoms with Crippen LogP contribution in [0.1, 0.15) is 101 Å². The third-order valence-corrected chi connectivity index (χ3v) is 7.72. The minimum absolute atomic E-state index is 0.00761. The van der Waals surface area contributed by atoms with Crippen molar-refractivity contribution in [3.63, 3.8) is 0 Å².